The van der Waals surface area contributed by atoms with Crippen molar-refractivity contribution in [2.45, 2.75) is 45.7 Å². The summed E-state index contributed by atoms with van der Waals surface area (Å²) in [6, 6.07) is 12.6. The molecule has 0 saturated carbocycles. The molecule has 1 N–H and O–H groups in total. The smallest absolute Gasteiger partial charge is 0.244 e. The molecule has 0 aliphatic rings. The molecule has 0 aliphatic carbocycles. The number of methoxy groups -OCH3 is 1. The van der Waals surface area contributed by atoms with E-state index in [2.05, 4.69) is 5.32 Å². The number of halogens is 1. The lowest BCUT2D eigenvalue weighted by Crippen LogP contribution is -2.52. The number of nitrogens with zero attached hydrogens (tertiary/aromatic N) is 2. The summed E-state index contributed by atoms with van der Waals surface area (Å²) in [5.74, 6) is -0.144. The van der Waals surface area contributed by atoms with Gasteiger partial charge < -0.3 is 15.0 Å². The molecule has 0 heterocycles. The maximum absolute atomic E-state index is 13.6. The molecule has 35 heavy (non-hydrogen) atoms. The van der Waals surface area contributed by atoms with Gasteiger partial charge in [0.25, 0.3) is 0 Å². The first-order chi connectivity index (χ1) is 16.6. The summed E-state index contributed by atoms with van der Waals surface area (Å²) >= 11 is 5.95. The Morgan fingerprint density at radius 3 is 2.37 bits per heavy atom. The van der Waals surface area contributed by atoms with Gasteiger partial charge in [-0.2, -0.15) is 0 Å². The molecule has 2 aromatic carbocycles. The Morgan fingerprint density at radius 1 is 1.11 bits per heavy atom. The number of rotatable bonds is 13. The van der Waals surface area contributed by atoms with Crippen LogP contribution in [0.25, 0.3) is 0 Å². The Hall–Kier alpha value is -2.78. The number of amides is 2. The molecule has 0 radical (unpaired) electrons. The molecular weight excluding hydrogens is 490 g/mol. The highest BCUT2D eigenvalue weighted by Crippen LogP contribution is 2.22. The van der Waals surface area contributed by atoms with E-state index in [-0.39, 0.29) is 12.5 Å². The maximum atomic E-state index is 13.6. The van der Waals surface area contributed by atoms with Gasteiger partial charge in [0.05, 0.1) is 19.1 Å². The number of hydrogen-bond acceptors (Lipinski definition) is 5. The summed E-state index contributed by atoms with van der Waals surface area (Å²) in [5.41, 5.74) is 1.07. The molecule has 2 amide bonds. The molecule has 2 rings (SSSR count). The highest BCUT2D eigenvalue weighted by Gasteiger charge is 2.31. The van der Waals surface area contributed by atoms with Gasteiger partial charge in [-0.15, -0.1) is 0 Å². The predicted molar refractivity (Wildman–Crippen MR) is 139 cm³/mol. The number of ether oxygens (including phenoxy) is 1. The number of nitrogens with one attached hydrogen (secondary N) is 1. The van der Waals surface area contributed by atoms with E-state index in [1.165, 1.54) is 17.0 Å². The first-order valence-electron chi connectivity index (χ1n) is 11.5. The van der Waals surface area contributed by atoms with Crippen molar-refractivity contribution in [2.75, 3.05) is 30.8 Å². The highest BCUT2D eigenvalue weighted by molar-refractivity contribution is 7.92. The Morgan fingerprint density at radius 2 is 1.80 bits per heavy atom. The van der Waals surface area contributed by atoms with Gasteiger partial charge in [0.15, 0.2) is 0 Å². The van der Waals surface area contributed by atoms with Crippen LogP contribution in [-0.4, -0.2) is 57.6 Å². The van der Waals surface area contributed by atoms with Crippen LogP contribution in [0.1, 0.15) is 38.7 Å². The van der Waals surface area contributed by atoms with Crippen LogP contribution in [0.3, 0.4) is 0 Å². The van der Waals surface area contributed by atoms with Gasteiger partial charge in [0.2, 0.25) is 21.8 Å². The molecule has 192 valence electrons. The van der Waals surface area contributed by atoms with Crippen molar-refractivity contribution in [2.24, 2.45) is 0 Å². The fraction of sp³-hybridized carbons (Fsp3) is 0.440. The van der Waals surface area contributed by atoms with Gasteiger partial charge >= 0.3 is 0 Å². The number of anilines is 1. The number of unbranched alkanes of at least 4 members (excludes halogenated alkanes) is 1. The summed E-state index contributed by atoms with van der Waals surface area (Å²) in [5, 5.41) is 3.34. The van der Waals surface area contributed by atoms with Crippen molar-refractivity contribution < 1.29 is 22.7 Å². The molecule has 0 spiro atoms. The Bertz CT molecular complexity index is 1090. The number of sulfonamides is 1. The topological polar surface area (TPSA) is 96.0 Å². The molecule has 1 atom stereocenters. The largest absolute Gasteiger partial charge is 0.497 e. The molecule has 0 fully saturated rings. The standard InChI is InChI=1S/C25H34ClN3O5S/c1-5-7-15-27-25(31)23(6-2)28(17-19-9-8-10-22(16-19)34-3)24(30)18-29(35(4,32)33)21-13-11-20(26)12-14-21/h8-14,16,23H,5-7,15,17-18H2,1-4H3,(H,27,31)/t23-/m0/s1. The van der Waals surface area contributed by atoms with Crippen LogP contribution in [0.4, 0.5) is 5.69 Å². The maximum Gasteiger partial charge on any atom is 0.244 e. The quantitative estimate of drug-likeness (QED) is 0.402. The van der Waals surface area contributed by atoms with E-state index in [4.69, 9.17) is 16.3 Å². The van der Waals surface area contributed by atoms with Crippen LogP contribution in [-0.2, 0) is 26.2 Å². The monoisotopic (exact) mass is 523 g/mol. The molecule has 0 unspecified atom stereocenters. The van der Waals surface area contributed by atoms with E-state index in [1.54, 1.807) is 37.4 Å². The van der Waals surface area contributed by atoms with E-state index in [9.17, 15) is 18.0 Å². The lowest BCUT2D eigenvalue weighted by molar-refractivity contribution is -0.140. The van der Waals surface area contributed by atoms with Gasteiger partial charge in [-0.1, -0.05) is 44.0 Å². The SMILES string of the molecule is CCCCNC(=O)[C@H](CC)N(Cc1cccc(OC)c1)C(=O)CN(c1ccc(Cl)cc1)S(C)(=O)=O. The second-order valence-corrected chi connectivity index (χ2v) is 10.5. The van der Waals surface area contributed by atoms with E-state index < -0.39 is 28.5 Å². The predicted octanol–water partition coefficient (Wildman–Crippen LogP) is 3.84. The summed E-state index contributed by atoms with van der Waals surface area (Å²) in [6.07, 6.45) is 3.15. The molecule has 0 aromatic heterocycles. The lowest BCUT2D eigenvalue weighted by atomic mass is 10.1. The van der Waals surface area contributed by atoms with Crippen LogP contribution >= 0.6 is 11.6 Å². The summed E-state index contributed by atoms with van der Waals surface area (Å²) in [7, 11) is -2.24. The summed E-state index contributed by atoms with van der Waals surface area (Å²) in [6.45, 7) is 4.02. The second kappa shape index (κ2) is 13.3. The van der Waals surface area contributed by atoms with E-state index >= 15 is 0 Å². The van der Waals surface area contributed by atoms with Crippen molar-refractivity contribution in [3.63, 3.8) is 0 Å². The van der Waals surface area contributed by atoms with Gasteiger partial charge in [-0.25, -0.2) is 8.42 Å². The zero-order chi connectivity index (χ0) is 26.0. The normalized spacial score (nSPS) is 12.0. The minimum Gasteiger partial charge on any atom is -0.497 e. The fourth-order valence-corrected chi connectivity index (χ4v) is 4.59. The van der Waals surface area contributed by atoms with Crippen molar-refractivity contribution in [1.82, 2.24) is 10.2 Å². The number of carbonyl (C=O) groups excluding carboxylic acids is 2. The van der Waals surface area contributed by atoms with Crippen LogP contribution < -0.4 is 14.4 Å². The van der Waals surface area contributed by atoms with Crippen molar-refractivity contribution >= 4 is 39.1 Å². The molecule has 0 aliphatic heterocycles. The van der Waals surface area contributed by atoms with Gasteiger partial charge in [-0.3, -0.25) is 13.9 Å². The highest BCUT2D eigenvalue weighted by atomic mass is 35.5. The average Bonchev–Trinajstić information content (AvgIpc) is 2.82. The summed E-state index contributed by atoms with van der Waals surface area (Å²) < 4.78 is 31.5. The third kappa shape index (κ3) is 8.43. The minimum atomic E-state index is -3.79. The van der Waals surface area contributed by atoms with Crippen molar-refractivity contribution in [1.29, 1.82) is 0 Å². The minimum absolute atomic E-state index is 0.119. The third-order valence-electron chi connectivity index (χ3n) is 5.50. The fourth-order valence-electron chi connectivity index (χ4n) is 3.61. The molecule has 0 bridgehead atoms. The number of carbonyl (C=O) groups is 2. The van der Waals surface area contributed by atoms with Crippen LogP contribution in [0.5, 0.6) is 5.75 Å². The zero-order valence-corrected chi connectivity index (χ0v) is 22.2. The molecular formula is C25H34ClN3O5S. The van der Waals surface area contributed by atoms with Gasteiger partial charge in [0.1, 0.15) is 18.3 Å². The van der Waals surface area contributed by atoms with Crippen molar-refractivity contribution in [3.05, 3.63) is 59.1 Å². The van der Waals surface area contributed by atoms with Crippen LogP contribution in [0.2, 0.25) is 5.02 Å². The van der Waals surface area contributed by atoms with E-state index in [1.807, 2.05) is 19.9 Å². The first kappa shape index (κ1) is 28.5. The van der Waals surface area contributed by atoms with Crippen LogP contribution in [0.15, 0.2) is 48.5 Å². The van der Waals surface area contributed by atoms with Gasteiger partial charge in [-0.05, 0) is 54.8 Å². The van der Waals surface area contributed by atoms with E-state index in [0.29, 0.717) is 29.4 Å². The second-order valence-electron chi connectivity index (χ2n) is 8.19. The molecule has 2 aromatic rings. The van der Waals surface area contributed by atoms with Gasteiger partial charge in [0, 0.05) is 18.1 Å². The lowest BCUT2D eigenvalue weighted by Gasteiger charge is -2.33. The Kier molecular flexibility index (Phi) is 10.9. The van der Waals surface area contributed by atoms with E-state index in [0.717, 1.165) is 29.0 Å². The summed E-state index contributed by atoms with van der Waals surface area (Å²) in [4.78, 5) is 28.1. The molecule has 10 heteroatoms. The zero-order valence-electron chi connectivity index (χ0n) is 20.7. The molecule has 8 nitrogen and oxygen atoms in total. The molecule has 0 saturated heterocycles. The third-order valence-corrected chi connectivity index (χ3v) is 6.89. The van der Waals surface area contributed by atoms with Crippen LogP contribution in [0, 0.1) is 0 Å². The Labute approximate surface area is 213 Å². The Balaban J connectivity index is 2.40. The average molecular weight is 524 g/mol. The first-order valence-corrected chi connectivity index (χ1v) is 13.8. The van der Waals surface area contributed by atoms with Crippen molar-refractivity contribution in [3.8, 4) is 5.75 Å². The number of hydrogen-bond donors (Lipinski definition) is 1. The number of benzene rings is 2.